The highest BCUT2D eigenvalue weighted by molar-refractivity contribution is 8.03. The largest absolute Gasteiger partial charge is 0.332 e. The summed E-state index contributed by atoms with van der Waals surface area (Å²) in [5.74, 6) is -1.24. The van der Waals surface area contributed by atoms with Crippen LogP contribution in [0.5, 0.6) is 0 Å². The van der Waals surface area contributed by atoms with Gasteiger partial charge in [0.25, 0.3) is 5.91 Å². The van der Waals surface area contributed by atoms with Crippen molar-refractivity contribution in [2.75, 3.05) is 4.90 Å². The molecule has 0 spiro atoms. The number of imide groups is 1. The average Bonchev–Trinajstić information content (AvgIpc) is 3.10. The summed E-state index contributed by atoms with van der Waals surface area (Å²) in [6.45, 7) is 0.226. The summed E-state index contributed by atoms with van der Waals surface area (Å²) < 4.78 is 26.8. The molecule has 0 aliphatic carbocycles. The summed E-state index contributed by atoms with van der Waals surface area (Å²) in [5.41, 5.74) is 0.951. The zero-order valence-electron chi connectivity index (χ0n) is 13.5. The second-order valence-corrected chi connectivity index (χ2v) is 7.12. The van der Waals surface area contributed by atoms with E-state index in [-0.39, 0.29) is 30.0 Å². The van der Waals surface area contributed by atoms with E-state index in [2.05, 4.69) is 0 Å². The number of benzene rings is 2. The number of nitrogens with zero attached hydrogens (tertiary/aromatic N) is 2. The number of hydrogen-bond acceptors (Lipinski definition) is 3. The lowest BCUT2D eigenvalue weighted by Crippen LogP contribution is -2.61. The number of halogens is 2. The third-order valence-corrected chi connectivity index (χ3v) is 5.49. The molecule has 0 aromatic heterocycles. The normalized spacial score (nSPS) is 22.1. The zero-order chi connectivity index (χ0) is 18.3. The highest BCUT2D eigenvalue weighted by atomic mass is 32.2. The first-order chi connectivity index (χ1) is 12.5. The number of rotatable bonds is 3. The summed E-state index contributed by atoms with van der Waals surface area (Å²) in [6.07, 6.45) is 1.82. The molecule has 4 nitrogen and oxygen atoms in total. The van der Waals surface area contributed by atoms with Gasteiger partial charge in [-0.05, 0) is 41.3 Å². The molecular formula is C19H14F2N2O2S. The van der Waals surface area contributed by atoms with Gasteiger partial charge in [-0.15, -0.1) is 11.8 Å². The van der Waals surface area contributed by atoms with E-state index < -0.39 is 17.1 Å². The van der Waals surface area contributed by atoms with Gasteiger partial charge >= 0.3 is 6.03 Å². The third kappa shape index (κ3) is 2.88. The van der Waals surface area contributed by atoms with Crippen molar-refractivity contribution < 1.29 is 18.4 Å². The number of anilines is 1. The summed E-state index contributed by atoms with van der Waals surface area (Å²) >= 11 is 1.34. The molecule has 0 N–H and O–H groups in total. The average molecular weight is 372 g/mol. The van der Waals surface area contributed by atoms with E-state index in [1.54, 1.807) is 22.4 Å². The molecule has 0 saturated carbocycles. The van der Waals surface area contributed by atoms with Crippen molar-refractivity contribution in [3.8, 4) is 0 Å². The van der Waals surface area contributed by atoms with Gasteiger partial charge in [0.05, 0.1) is 11.7 Å². The van der Waals surface area contributed by atoms with Gasteiger partial charge in [-0.3, -0.25) is 4.79 Å². The van der Waals surface area contributed by atoms with Crippen molar-refractivity contribution >= 4 is 29.4 Å². The molecule has 2 aliphatic rings. The van der Waals surface area contributed by atoms with E-state index in [0.717, 1.165) is 10.5 Å². The predicted molar refractivity (Wildman–Crippen MR) is 95.5 cm³/mol. The minimum atomic E-state index is -0.521. The van der Waals surface area contributed by atoms with Crippen LogP contribution in [0, 0.1) is 11.6 Å². The maximum absolute atomic E-state index is 13.6. The molecule has 132 valence electrons. The Morgan fingerprint density at radius 2 is 1.77 bits per heavy atom. The van der Waals surface area contributed by atoms with Crippen LogP contribution in [0.4, 0.5) is 19.3 Å². The lowest BCUT2D eigenvalue weighted by molar-refractivity contribution is -0.119. The van der Waals surface area contributed by atoms with Crippen LogP contribution in [0.1, 0.15) is 5.56 Å². The van der Waals surface area contributed by atoms with Gasteiger partial charge in [0.1, 0.15) is 16.9 Å². The Labute approximate surface area is 153 Å². The number of fused-ring (bicyclic) bond motifs is 1. The standard InChI is InChI=1S/C19H14F2N2O2S/c20-13-6-4-12(5-7-13)11-22-16-8-9-26-17(16)18(24)23(19(22)25)15-3-1-2-14(21)10-15/h1-10,16-17H,11H2. The van der Waals surface area contributed by atoms with Gasteiger partial charge in [-0.1, -0.05) is 24.3 Å². The predicted octanol–water partition coefficient (Wildman–Crippen LogP) is 3.93. The molecule has 0 radical (unpaired) electrons. The van der Waals surface area contributed by atoms with Crippen LogP contribution in [-0.4, -0.2) is 28.1 Å². The Balaban J connectivity index is 1.70. The van der Waals surface area contributed by atoms with E-state index >= 15 is 0 Å². The molecule has 2 aromatic carbocycles. The highest BCUT2D eigenvalue weighted by Gasteiger charge is 2.47. The van der Waals surface area contributed by atoms with Crippen LogP contribution < -0.4 is 4.90 Å². The molecule has 4 rings (SSSR count). The number of thioether (sulfide) groups is 1. The Morgan fingerprint density at radius 3 is 2.50 bits per heavy atom. The minimum absolute atomic E-state index is 0.204. The summed E-state index contributed by atoms with van der Waals surface area (Å²) in [6, 6.07) is 10.4. The molecule has 2 aromatic rings. The highest BCUT2D eigenvalue weighted by Crippen LogP contribution is 2.37. The van der Waals surface area contributed by atoms with E-state index in [1.165, 1.54) is 48.2 Å². The lowest BCUT2D eigenvalue weighted by atomic mass is 10.1. The van der Waals surface area contributed by atoms with E-state index in [1.807, 2.05) is 6.08 Å². The van der Waals surface area contributed by atoms with E-state index in [4.69, 9.17) is 0 Å². The molecule has 0 bridgehead atoms. The van der Waals surface area contributed by atoms with Gasteiger partial charge in [0.15, 0.2) is 0 Å². The minimum Gasteiger partial charge on any atom is -0.312 e. The van der Waals surface area contributed by atoms with Crippen LogP contribution in [0.15, 0.2) is 60.0 Å². The molecule has 2 aliphatic heterocycles. The fourth-order valence-corrected chi connectivity index (χ4v) is 4.19. The quantitative estimate of drug-likeness (QED) is 0.820. The second kappa shape index (κ2) is 6.57. The molecule has 1 fully saturated rings. The molecule has 2 unspecified atom stereocenters. The first-order valence-corrected chi connectivity index (χ1v) is 8.95. The summed E-state index contributed by atoms with van der Waals surface area (Å²) in [4.78, 5) is 28.4. The number of carbonyl (C=O) groups is 2. The van der Waals surface area contributed by atoms with Crippen molar-refractivity contribution in [3.63, 3.8) is 0 Å². The first kappa shape index (κ1) is 16.8. The van der Waals surface area contributed by atoms with Gasteiger partial charge in [-0.25, -0.2) is 18.5 Å². The van der Waals surface area contributed by atoms with E-state index in [0.29, 0.717) is 0 Å². The van der Waals surface area contributed by atoms with Crippen LogP contribution in [0.2, 0.25) is 0 Å². The molecule has 3 amide bonds. The molecule has 2 atom stereocenters. The Bertz CT molecular complexity index is 901. The topological polar surface area (TPSA) is 40.6 Å². The smallest absolute Gasteiger partial charge is 0.312 e. The fraction of sp³-hybridized carbons (Fsp3) is 0.158. The van der Waals surface area contributed by atoms with Crippen LogP contribution >= 0.6 is 11.8 Å². The Morgan fingerprint density at radius 1 is 1.00 bits per heavy atom. The zero-order valence-corrected chi connectivity index (χ0v) is 14.3. The first-order valence-electron chi connectivity index (χ1n) is 8.01. The summed E-state index contributed by atoms with van der Waals surface area (Å²) in [5, 5.41) is 1.32. The molecule has 26 heavy (non-hydrogen) atoms. The number of hydrogen-bond donors (Lipinski definition) is 0. The Kier molecular flexibility index (Phi) is 4.24. The van der Waals surface area contributed by atoms with Gasteiger partial charge in [0, 0.05) is 6.54 Å². The maximum atomic E-state index is 13.6. The van der Waals surface area contributed by atoms with Crippen molar-refractivity contribution in [2.45, 2.75) is 17.8 Å². The molecule has 7 heteroatoms. The Hall–Kier alpha value is -2.67. The monoisotopic (exact) mass is 372 g/mol. The van der Waals surface area contributed by atoms with Crippen LogP contribution in [-0.2, 0) is 11.3 Å². The molecule has 1 saturated heterocycles. The van der Waals surface area contributed by atoms with Crippen molar-refractivity contribution in [1.29, 1.82) is 0 Å². The van der Waals surface area contributed by atoms with Crippen LogP contribution in [0.3, 0.4) is 0 Å². The maximum Gasteiger partial charge on any atom is 0.332 e. The lowest BCUT2D eigenvalue weighted by Gasteiger charge is -2.41. The van der Waals surface area contributed by atoms with Gasteiger partial charge in [-0.2, -0.15) is 0 Å². The van der Waals surface area contributed by atoms with Crippen LogP contribution in [0.25, 0.3) is 0 Å². The number of amides is 3. The second-order valence-electron chi connectivity index (χ2n) is 6.07. The SMILES string of the molecule is O=C1C2SC=CC2N(Cc2ccc(F)cc2)C(=O)N1c1cccc(F)c1. The number of carbonyl (C=O) groups excluding carboxylic acids is 2. The summed E-state index contributed by atoms with van der Waals surface area (Å²) in [7, 11) is 0. The van der Waals surface area contributed by atoms with Gasteiger partial charge in [0.2, 0.25) is 0 Å². The number of urea groups is 1. The fourth-order valence-electron chi connectivity index (χ4n) is 3.15. The molecular weight excluding hydrogens is 358 g/mol. The third-order valence-electron chi connectivity index (χ3n) is 4.40. The van der Waals surface area contributed by atoms with Crippen molar-refractivity contribution in [1.82, 2.24) is 4.90 Å². The van der Waals surface area contributed by atoms with E-state index in [9.17, 15) is 18.4 Å². The van der Waals surface area contributed by atoms with Crippen molar-refractivity contribution in [2.24, 2.45) is 0 Å². The van der Waals surface area contributed by atoms with Crippen molar-refractivity contribution in [3.05, 3.63) is 77.2 Å². The molecule has 2 heterocycles. The van der Waals surface area contributed by atoms with Gasteiger partial charge < -0.3 is 4.90 Å².